The summed E-state index contributed by atoms with van der Waals surface area (Å²) < 4.78 is 2.76. The van der Waals surface area contributed by atoms with Gasteiger partial charge >= 0.3 is 0 Å². The third kappa shape index (κ3) is 5.19. The second kappa shape index (κ2) is 10.3. The lowest BCUT2D eigenvalue weighted by Crippen LogP contribution is -2.26. The van der Waals surface area contributed by atoms with Crippen LogP contribution in [0.1, 0.15) is 30.4 Å². The van der Waals surface area contributed by atoms with Gasteiger partial charge in [-0.3, -0.25) is 0 Å². The molecule has 2 aromatic heterocycles. The molecule has 5 nitrogen and oxygen atoms in total. The number of halogens is 1. The number of aromatic nitrogens is 3. The Bertz CT molecular complexity index is 1170. The van der Waals surface area contributed by atoms with Gasteiger partial charge in [0, 0.05) is 24.7 Å². The van der Waals surface area contributed by atoms with Crippen LogP contribution in [0.15, 0.2) is 71.3 Å². The summed E-state index contributed by atoms with van der Waals surface area (Å²) >= 11 is 3.59. The Labute approximate surface area is 198 Å². The van der Waals surface area contributed by atoms with E-state index in [0.717, 1.165) is 53.3 Å². The highest BCUT2D eigenvalue weighted by molar-refractivity contribution is 9.10. The minimum Gasteiger partial charge on any atom is -0.370 e. The van der Waals surface area contributed by atoms with Crippen LogP contribution in [0.25, 0.3) is 16.9 Å². The van der Waals surface area contributed by atoms with Gasteiger partial charge in [0.1, 0.15) is 5.82 Å². The fourth-order valence-corrected chi connectivity index (χ4v) is 4.42. The normalized spacial score (nSPS) is 12.4. The maximum absolute atomic E-state index is 4.85. The molecule has 0 aliphatic carbocycles. The molecule has 32 heavy (non-hydrogen) atoms. The number of hydrogen-bond acceptors (Lipinski definition) is 4. The van der Waals surface area contributed by atoms with Gasteiger partial charge in [0.05, 0.1) is 16.4 Å². The van der Waals surface area contributed by atoms with Crippen LogP contribution in [-0.4, -0.2) is 46.2 Å². The molecule has 0 aliphatic rings. The van der Waals surface area contributed by atoms with Gasteiger partial charge < -0.3 is 10.2 Å². The van der Waals surface area contributed by atoms with Crippen molar-refractivity contribution in [3.05, 3.63) is 82.5 Å². The van der Waals surface area contributed by atoms with Crippen molar-refractivity contribution in [3.8, 4) is 11.3 Å². The fraction of sp³-hybridized carbons (Fsp3) is 0.308. The van der Waals surface area contributed by atoms with E-state index in [1.54, 1.807) is 6.20 Å². The Hall–Kier alpha value is -2.70. The Kier molecular flexibility index (Phi) is 7.22. The molecule has 1 N–H and O–H groups in total. The molecule has 6 heteroatoms. The van der Waals surface area contributed by atoms with Crippen molar-refractivity contribution in [2.45, 2.75) is 26.2 Å². The van der Waals surface area contributed by atoms with E-state index in [1.807, 2.05) is 4.52 Å². The summed E-state index contributed by atoms with van der Waals surface area (Å²) in [5, 5.41) is 8.08. The van der Waals surface area contributed by atoms with E-state index in [-0.39, 0.29) is 0 Å². The fourth-order valence-electron chi connectivity index (χ4n) is 4.07. The highest BCUT2D eigenvalue weighted by Gasteiger charge is 2.13. The molecule has 166 valence electrons. The number of hydrogen-bond donors (Lipinski definition) is 1. The number of benzene rings is 2. The van der Waals surface area contributed by atoms with Crippen molar-refractivity contribution in [2.75, 3.05) is 32.0 Å². The first kappa shape index (κ1) is 22.5. The van der Waals surface area contributed by atoms with Gasteiger partial charge in [0.15, 0.2) is 5.65 Å². The van der Waals surface area contributed by atoms with Gasteiger partial charge in [-0.1, -0.05) is 61.5 Å². The summed E-state index contributed by atoms with van der Waals surface area (Å²) in [6.45, 7) is 7.36. The standard InChI is InChI=1S/C26H30BrN5/c1-19-10-7-8-13-22(19)24-16-25(32-26(30-24)23(27)17-29-32)28-14-9-15-31(3)18-20(2)21-11-5-4-6-12-21/h4-8,10-13,16-17,20,28H,9,14-15,18H2,1-3H3. The second-order valence-corrected chi connectivity index (χ2v) is 9.28. The van der Waals surface area contributed by atoms with Crippen molar-refractivity contribution >= 4 is 27.4 Å². The number of rotatable bonds is 9. The lowest BCUT2D eigenvalue weighted by Gasteiger charge is -2.22. The molecule has 0 spiro atoms. The van der Waals surface area contributed by atoms with Crippen molar-refractivity contribution in [3.63, 3.8) is 0 Å². The van der Waals surface area contributed by atoms with Crippen LogP contribution in [0.4, 0.5) is 5.82 Å². The van der Waals surface area contributed by atoms with Gasteiger partial charge in [0.25, 0.3) is 0 Å². The molecule has 2 aromatic carbocycles. The number of nitrogens with one attached hydrogen (secondary N) is 1. The van der Waals surface area contributed by atoms with E-state index in [0.29, 0.717) is 5.92 Å². The molecule has 2 heterocycles. The lowest BCUT2D eigenvalue weighted by atomic mass is 10.0. The molecule has 0 amide bonds. The van der Waals surface area contributed by atoms with E-state index in [4.69, 9.17) is 4.98 Å². The molecule has 0 radical (unpaired) electrons. The predicted molar refractivity (Wildman–Crippen MR) is 136 cm³/mol. The van der Waals surface area contributed by atoms with E-state index < -0.39 is 0 Å². The van der Waals surface area contributed by atoms with Crippen LogP contribution in [0.3, 0.4) is 0 Å². The number of anilines is 1. The van der Waals surface area contributed by atoms with E-state index in [2.05, 4.69) is 113 Å². The maximum Gasteiger partial charge on any atom is 0.172 e. The van der Waals surface area contributed by atoms with Crippen LogP contribution in [0.2, 0.25) is 0 Å². The number of aryl methyl sites for hydroxylation is 1. The minimum absolute atomic E-state index is 0.520. The van der Waals surface area contributed by atoms with Crippen LogP contribution in [0, 0.1) is 6.92 Å². The summed E-state index contributed by atoms with van der Waals surface area (Å²) in [5.74, 6) is 1.48. The smallest absolute Gasteiger partial charge is 0.172 e. The third-order valence-electron chi connectivity index (χ3n) is 5.83. The molecule has 1 unspecified atom stereocenters. The number of likely N-dealkylation sites (N-methyl/N-ethyl adjacent to an activating group) is 1. The molecular formula is C26H30BrN5. The average Bonchev–Trinajstić information content (AvgIpc) is 3.18. The van der Waals surface area contributed by atoms with Gasteiger partial charge in [-0.05, 0) is 59.9 Å². The van der Waals surface area contributed by atoms with E-state index >= 15 is 0 Å². The molecule has 0 saturated heterocycles. The lowest BCUT2D eigenvalue weighted by molar-refractivity contribution is 0.316. The average molecular weight is 492 g/mol. The molecule has 0 saturated carbocycles. The van der Waals surface area contributed by atoms with E-state index in [1.165, 1.54) is 11.1 Å². The van der Waals surface area contributed by atoms with Gasteiger partial charge in [0.2, 0.25) is 0 Å². The number of nitrogens with zero attached hydrogens (tertiary/aromatic N) is 4. The summed E-state index contributed by atoms with van der Waals surface area (Å²) in [7, 11) is 2.20. The van der Waals surface area contributed by atoms with Crippen molar-refractivity contribution in [2.24, 2.45) is 0 Å². The van der Waals surface area contributed by atoms with Crippen LogP contribution < -0.4 is 5.32 Å². The van der Waals surface area contributed by atoms with Crippen LogP contribution >= 0.6 is 15.9 Å². The quantitative estimate of drug-likeness (QED) is 0.291. The predicted octanol–water partition coefficient (Wildman–Crippen LogP) is 6.00. The molecule has 4 aromatic rings. The Morgan fingerprint density at radius 3 is 2.62 bits per heavy atom. The molecule has 0 aliphatic heterocycles. The Morgan fingerprint density at radius 1 is 1.09 bits per heavy atom. The van der Waals surface area contributed by atoms with Gasteiger partial charge in [-0.25, -0.2) is 4.98 Å². The number of fused-ring (bicyclic) bond motifs is 1. The zero-order valence-corrected chi connectivity index (χ0v) is 20.5. The highest BCUT2D eigenvalue weighted by Crippen LogP contribution is 2.27. The Balaban J connectivity index is 1.40. The Morgan fingerprint density at radius 2 is 1.84 bits per heavy atom. The summed E-state index contributed by atoms with van der Waals surface area (Å²) in [6.07, 6.45) is 2.85. The van der Waals surface area contributed by atoms with Crippen LogP contribution in [0.5, 0.6) is 0 Å². The second-order valence-electron chi connectivity index (χ2n) is 8.42. The first-order chi connectivity index (χ1) is 15.5. The first-order valence-electron chi connectivity index (χ1n) is 11.1. The largest absolute Gasteiger partial charge is 0.370 e. The SMILES string of the molecule is Cc1ccccc1-c1cc(NCCCN(C)CC(C)c2ccccc2)n2ncc(Br)c2n1. The molecule has 1 atom stereocenters. The third-order valence-corrected chi connectivity index (χ3v) is 6.39. The summed E-state index contributed by atoms with van der Waals surface area (Å²) in [5.41, 5.74) is 5.51. The summed E-state index contributed by atoms with van der Waals surface area (Å²) in [6, 6.07) is 21.2. The zero-order valence-electron chi connectivity index (χ0n) is 18.9. The topological polar surface area (TPSA) is 45.5 Å². The van der Waals surface area contributed by atoms with Crippen molar-refractivity contribution in [1.29, 1.82) is 0 Å². The van der Waals surface area contributed by atoms with Gasteiger partial charge in [-0.2, -0.15) is 9.61 Å². The molecular weight excluding hydrogens is 462 g/mol. The monoisotopic (exact) mass is 491 g/mol. The zero-order chi connectivity index (χ0) is 22.5. The van der Waals surface area contributed by atoms with Crippen molar-refractivity contribution in [1.82, 2.24) is 19.5 Å². The van der Waals surface area contributed by atoms with E-state index in [9.17, 15) is 0 Å². The van der Waals surface area contributed by atoms with Gasteiger partial charge in [-0.15, -0.1) is 0 Å². The molecule has 0 fully saturated rings. The molecule has 0 bridgehead atoms. The molecule has 4 rings (SSSR count). The van der Waals surface area contributed by atoms with Crippen LogP contribution in [-0.2, 0) is 0 Å². The summed E-state index contributed by atoms with van der Waals surface area (Å²) in [4.78, 5) is 7.26. The van der Waals surface area contributed by atoms with Crippen molar-refractivity contribution < 1.29 is 0 Å². The minimum atomic E-state index is 0.520. The maximum atomic E-state index is 4.85. The first-order valence-corrected chi connectivity index (χ1v) is 11.9. The highest BCUT2D eigenvalue weighted by atomic mass is 79.9.